The Morgan fingerprint density at radius 2 is 1.60 bits per heavy atom. The second-order valence-electron chi connectivity index (χ2n) is 10.6. The summed E-state index contributed by atoms with van der Waals surface area (Å²) in [4.78, 5) is 29.6. The van der Waals surface area contributed by atoms with Gasteiger partial charge in [0.2, 0.25) is 17.7 Å². The first-order valence-electron chi connectivity index (χ1n) is 14.8. The second-order valence-corrected chi connectivity index (χ2v) is 10.6. The van der Waals surface area contributed by atoms with E-state index in [9.17, 15) is 4.79 Å². The molecule has 0 saturated carbocycles. The number of nitrogens with zero attached hydrogens (tertiary/aromatic N) is 5. The number of hydrogen-bond acceptors (Lipinski definition) is 10. The number of anilines is 2. The molecule has 0 unspecified atom stereocenters. The smallest absolute Gasteiger partial charge is 0.255 e. The molecule has 0 spiro atoms. The summed E-state index contributed by atoms with van der Waals surface area (Å²) in [5.41, 5.74) is 4.06. The Kier molecular flexibility index (Phi) is 9.71. The molecule has 43 heavy (non-hydrogen) atoms. The monoisotopic (exact) mass is 590 g/mol. The summed E-state index contributed by atoms with van der Waals surface area (Å²) in [6, 6.07) is 13.5. The lowest BCUT2D eigenvalue weighted by Gasteiger charge is -2.36. The molecule has 2 aliphatic heterocycles. The van der Waals surface area contributed by atoms with E-state index in [4.69, 9.17) is 18.9 Å². The molecule has 1 amide bonds. The van der Waals surface area contributed by atoms with E-state index in [1.165, 1.54) is 5.69 Å². The molecule has 1 saturated heterocycles. The standard InChI is InChI=1S/C32H42N6O5/c1-6-36-15-17-37(18-16-36)26-10-7-9-23-24(26)21-38(31(23)39)25(22-12-13-27(40-2)28(19-22)41-3)11-8-14-33-32-34-29(42-4)20-30(35-32)43-5/h7,9-10,12-13,19-20,25H,6,8,11,14-18,21H2,1-5H3,(H,33,34,35)/t25-/m1/s1. The number of fused-ring (bicyclic) bond motifs is 1. The third-order valence-corrected chi connectivity index (χ3v) is 8.33. The highest BCUT2D eigenvalue weighted by Gasteiger charge is 2.36. The van der Waals surface area contributed by atoms with Crippen molar-refractivity contribution in [3.05, 3.63) is 59.2 Å². The van der Waals surface area contributed by atoms with Crippen molar-refractivity contribution < 1.29 is 23.7 Å². The van der Waals surface area contributed by atoms with Gasteiger partial charge >= 0.3 is 0 Å². The Labute approximate surface area is 253 Å². The number of carbonyl (C=O) groups is 1. The Balaban J connectivity index is 1.37. The molecule has 11 heteroatoms. The van der Waals surface area contributed by atoms with Crippen molar-refractivity contribution in [1.29, 1.82) is 0 Å². The molecule has 3 heterocycles. The predicted octanol–water partition coefficient (Wildman–Crippen LogP) is 4.24. The summed E-state index contributed by atoms with van der Waals surface area (Å²) in [7, 11) is 6.37. The molecule has 5 rings (SSSR count). The molecule has 11 nitrogen and oxygen atoms in total. The van der Waals surface area contributed by atoms with E-state index >= 15 is 0 Å². The first-order chi connectivity index (χ1) is 21.0. The number of benzene rings is 2. The number of ether oxygens (including phenoxy) is 4. The van der Waals surface area contributed by atoms with Crippen LogP contribution in [0.1, 0.15) is 47.3 Å². The molecule has 0 radical (unpaired) electrons. The van der Waals surface area contributed by atoms with Gasteiger partial charge in [-0.05, 0) is 49.2 Å². The Hall–Kier alpha value is -4.25. The van der Waals surface area contributed by atoms with E-state index in [0.29, 0.717) is 48.7 Å². The fourth-order valence-corrected chi connectivity index (χ4v) is 5.94. The van der Waals surface area contributed by atoms with Gasteiger partial charge in [0, 0.05) is 56.1 Å². The van der Waals surface area contributed by atoms with E-state index in [1.807, 2.05) is 35.2 Å². The zero-order valence-electron chi connectivity index (χ0n) is 25.8. The summed E-state index contributed by atoms with van der Waals surface area (Å²) in [6.45, 7) is 8.40. The van der Waals surface area contributed by atoms with Crippen LogP contribution in [0.3, 0.4) is 0 Å². The van der Waals surface area contributed by atoms with Crippen molar-refractivity contribution in [1.82, 2.24) is 19.8 Å². The van der Waals surface area contributed by atoms with Crippen LogP contribution in [0, 0.1) is 0 Å². The fraction of sp³-hybridized carbons (Fsp3) is 0.469. The van der Waals surface area contributed by atoms with Crippen LogP contribution >= 0.6 is 0 Å². The molecule has 2 aliphatic rings. The molecular weight excluding hydrogens is 548 g/mol. The number of methoxy groups -OCH3 is 4. The summed E-state index contributed by atoms with van der Waals surface area (Å²) < 4.78 is 21.7. The molecule has 0 aliphatic carbocycles. The van der Waals surface area contributed by atoms with Gasteiger partial charge in [0.25, 0.3) is 5.91 Å². The second kappa shape index (κ2) is 13.8. The van der Waals surface area contributed by atoms with Crippen LogP contribution in [0.4, 0.5) is 11.6 Å². The SMILES string of the molecule is CCN1CCN(c2cccc3c2CN([C@H](CCCNc2nc(OC)cc(OC)n2)c2ccc(OC)c(OC)c2)C3=O)CC1. The van der Waals surface area contributed by atoms with Gasteiger partial charge in [-0.1, -0.05) is 19.1 Å². The van der Waals surface area contributed by atoms with Crippen LogP contribution in [0.2, 0.25) is 0 Å². The van der Waals surface area contributed by atoms with Crippen LogP contribution in [0.25, 0.3) is 0 Å². The molecule has 1 N–H and O–H groups in total. The summed E-state index contributed by atoms with van der Waals surface area (Å²) in [6.07, 6.45) is 1.47. The summed E-state index contributed by atoms with van der Waals surface area (Å²) in [5, 5.41) is 3.28. The van der Waals surface area contributed by atoms with E-state index in [1.54, 1.807) is 34.5 Å². The first kappa shape index (κ1) is 30.2. The molecule has 0 bridgehead atoms. The first-order valence-corrected chi connectivity index (χ1v) is 14.8. The third kappa shape index (κ3) is 6.56. The zero-order valence-corrected chi connectivity index (χ0v) is 25.8. The number of amides is 1. The molecule has 1 fully saturated rings. The fourth-order valence-electron chi connectivity index (χ4n) is 5.94. The zero-order chi connectivity index (χ0) is 30.3. The quantitative estimate of drug-likeness (QED) is 0.291. The number of nitrogens with one attached hydrogen (secondary N) is 1. The van der Waals surface area contributed by atoms with Gasteiger partial charge in [-0.15, -0.1) is 0 Å². The van der Waals surface area contributed by atoms with Crippen molar-refractivity contribution in [2.75, 3.05) is 77.9 Å². The van der Waals surface area contributed by atoms with Crippen molar-refractivity contribution in [3.8, 4) is 23.3 Å². The van der Waals surface area contributed by atoms with Crippen LogP contribution in [0.15, 0.2) is 42.5 Å². The highest BCUT2D eigenvalue weighted by atomic mass is 16.5. The predicted molar refractivity (Wildman–Crippen MR) is 166 cm³/mol. The minimum Gasteiger partial charge on any atom is -0.493 e. The topological polar surface area (TPSA) is 102 Å². The molecule has 2 aromatic carbocycles. The number of aromatic nitrogens is 2. The van der Waals surface area contributed by atoms with Crippen LogP contribution < -0.4 is 29.2 Å². The molecule has 1 aromatic heterocycles. The van der Waals surface area contributed by atoms with Crippen molar-refractivity contribution in [2.24, 2.45) is 0 Å². The maximum Gasteiger partial charge on any atom is 0.255 e. The average Bonchev–Trinajstić information content (AvgIpc) is 3.40. The number of hydrogen-bond donors (Lipinski definition) is 1. The van der Waals surface area contributed by atoms with Crippen molar-refractivity contribution >= 4 is 17.5 Å². The number of piperazine rings is 1. The Morgan fingerprint density at radius 3 is 2.26 bits per heavy atom. The Morgan fingerprint density at radius 1 is 0.884 bits per heavy atom. The largest absolute Gasteiger partial charge is 0.493 e. The highest BCUT2D eigenvalue weighted by Crippen LogP contribution is 2.40. The maximum absolute atomic E-state index is 14.0. The van der Waals surface area contributed by atoms with Gasteiger partial charge in [0.15, 0.2) is 11.5 Å². The normalized spacial score (nSPS) is 15.7. The van der Waals surface area contributed by atoms with E-state index < -0.39 is 0 Å². The number of carbonyl (C=O) groups excluding carboxylic acids is 1. The van der Waals surface area contributed by atoms with Crippen LogP contribution in [-0.4, -0.2) is 93.4 Å². The van der Waals surface area contributed by atoms with Gasteiger partial charge < -0.3 is 39.0 Å². The lowest BCUT2D eigenvalue weighted by Crippen LogP contribution is -2.46. The van der Waals surface area contributed by atoms with Gasteiger partial charge in [0.05, 0.1) is 40.5 Å². The van der Waals surface area contributed by atoms with Gasteiger partial charge in [0.1, 0.15) is 0 Å². The van der Waals surface area contributed by atoms with E-state index in [2.05, 4.69) is 38.1 Å². The van der Waals surface area contributed by atoms with Crippen molar-refractivity contribution in [3.63, 3.8) is 0 Å². The third-order valence-electron chi connectivity index (χ3n) is 8.33. The van der Waals surface area contributed by atoms with E-state index in [0.717, 1.165) is 55.8 Å². The number of likely N-dealkylation sites (N-methyl/N-ethyl adjacent to an activating group) is 1. The molecule has 1 atom stereocenters. The Bertz CT molecular complexity index is 1390. The minimum atomic E-state index is -0.174. The van der Waals surface area contributed by atoms with Crippen LogP contribution in [0.5, 0.6) is 23.3 Å². The van der Waals surface area contributed by atoms with Crippen LogP contribution in [-0.2, 0) is 6.54 Å². The molecule has 3 aromatic rings. The molecule has 230 valence electrons. The summed E-state index contributed by atoms with van der Waals surface area (Å²) >= 11 is 0. The minimum absolute atomic E-state index is 0.0534. The lowest BCUT2D eigenvalue weighted by atomic mass is 9.99. The lowest BCUT2D eigenvalue weighted by molar-refractivity contribution is 0.0690. The molecular formula is C32H42N6O5. The maximum atomic E-state index is 14.0. The van der Waals surface area contributed by atoms with Crippen molar-refractivity contribution in [2.45, 2.75) is 32.4 Å². The average molecular weight is 591 g/mol. The highest BCUT2D eigenvalue weighted by molar-refractivity contribution is 6.00. The van der Waals surface area contributed by atoms with E-state index in [-0.39, 0.29) is 11.9 Å². The number of rotatable bonds is 13. The van der Waals surface area contributed by atoms with Gasteiger partial charge in [-0.2, -0.15) is 9.97 Å². The summed E-state index contributed by atoms with van der Waals surface area (Å²) in [5.74, 6) is 2.61. The van der Waals surface area contributed by atoms with Gasteiger partial charge in [-0.25, -0.2) is 0 Å². The van der Waals surface area contributed by atoms with Gasteiger partial charge in [-0.3, -0.25) is 4.79 Å².